The lowest BCUT2D eigenvalue weighted by Crippen LogP contribution is -2.40. The zero-order chi connectivity index (χ0) is 23.7. The van der Waals surface area contributed by atoms with Gasteiger partial charge in [-0.05, 0) is 48.9 Å². The third kappa shape index (κ3) is 4.27. The molecule has 5 rings (SSSR count). The van der Waals surface area contributed by atoms with Crippen molar-refractivity contribution in [1.29, 1.82) is 0 Å². The van der Waals surface area contributed by atoms with E-state index in [1.807, 2.05) is 30.3 Å². The van der Waals surface area contributed by atoms with Gasteiger partial charge in [-0.15, -0.1) is 0 Å². The molecule has 1 unspecified atom stereocenters. The molecule has 3 aliphatic rings. The Labute approximate surface area is 197 Å². The van der Waals surface area contributed by atoms with Gasteiger partial charge in [0.1, 0.15) is 5.75 Å². The Kier molecular flexibility index (Phi) is 6.04. The first-order valence-corrected chi connectivity index (χ1v) is 11.8. The molecule has 8 heteroatoms. The molecule has 0 bridgehead atoms. The highest BCUT2D eigenvalue weighted by atomic mass is 16.6. The molecule has 0 spiro atoms. The van der Waals surface area contributed by atoms with Crippen LogP contribution in [-0.2, 0) is 22.7 Å². The Balaban J connectivity index is 1.49. The fourth-order valence-corrected chi connectivity index (χ4v) is 5.05. The Hall–Kier alpha value is -3.68. The van der Waals surface area contributed by atoms with Crippen LogP contribution in [0, 0.1) is 0 Å². The van der Waals surface area contributed by atoms with E-state index in [0.717, 1.165) is 24.8 Å². The van der Waals surface area contributed by atoms with Crippen molar-refractivity contribution in [2.75, 3.05) is 13.1 Å². The van der Waals surface area contributed by atoms with Crippen molar-refractivity contribution in [3.05, 3.63) is 64.7 Å². The fraction of sp³-hybridized carbons (Fsp3) is 0.385. The molecule has 2 aromatic carbocycles. The number of fused-ring (bicyclic) bond motifs is 1. The van der Waals surface area contributed by atoms with Gasteiger partial charge in [-0.1, -0.05) is 30.3 Å². The molecule has 0 saturated carbocycles. The van der Waals surface area contributed by atoms with Crippen LogP contribution in [0.4, 0.5) is 4.79 Å². The van der Waals surface area contributed by atoms with Gasteiger partial charge in [0.05, 0.1) is 5.92 Å². The molecule has 2 aromatic rings. The molecule has 0 aromatic heterocycles. The Morgan fingerprint density at radius 2 is 1.76 bits per heavy atom. The van der Waals surface area contributed by atoms with Gasteiger partial charge in [-0.25, -0.2) is 4.79 Å². The number of likely N-dealkylation sites (tertiary alicyclic amines) is 1. The van der Waals surface area contributed by atoms with E-state index in [-0.39, 0.29) is 24.0 Å². The summed E-state index contributed by atoms with van der Waals surface area (Å²) in [6.45, 7) is 2.03. The predicted octanol–water partition coefficient (Wildman–Crippen LogP) is 3.35. The number of hydrogen-bond donors (Lipinski definition) is 1. The molecule has 1 N–H and O–H groups in total. The summed E-state index contributed by atoms with van der Waals surface area (Å²) >= 11 is 0. The van der Waals surface area contributed by atoms with Crippen LogP contribution in [0.2, 0.25) is 0 Å². The molecule has 176 valence electrons. The maximum Gasteiger partial charge on any atom is 0.415 e. The van der Waals surface area contributed by atoms with Crippen LogP contribution >= 0.6 is 0 Å². The fourth-order valence-electron chi connectivity index (χ4n) is 5.05. The highest BCUT2D eigenvalue weighted by Gasteiger charge is 2.38. The smallest absolute Gasteiger partial charge is 0.410 e. The van der Waals surface area contributed by atoms with E-state index >= 15 is 0 Å². The van der Waals surface area contributed by atoms with Crippen molar-refractivity contribution < 1.29 is 23.9 Å². The molecule has 8 nitrogen and oxygen atoms in total. The van der Waals surface area contributed by atoms with Crippen LogP contribution in [0.15, 0.2) is 42.5 Å². The quantitative estimate of drug-likeness (QED) is 0.705. The summed E-state index contributed by atoms with van der Waals surface area (Å²) in [5.74, 6) is -1.24. The maximum atomic E-state index is 13.2. The van der Waals surface area contributed by atoms with Crippen molar-refractivity contribution in [1.82, 2.24) is 15.1 Å². The van der Waals surface area contributed by atoms with Crippen LogP contribution in [0.5, 0.6) is 5.75 Å². The minimum Gasteiger partial charge on any atom is -0.410 e. The van der Waals surface area contributed by atoms with E-state index in [1.54, 1.807) is 21.9 Å². The van der Waals surface area contributed by atoms with Crippen LogP contribution in [0.3, 0.4) is 0 Å². The molecule has 2 fully saturated rings. The Morgan fingerprint density at radius 3 is 2.50 bits per heavy atom. The van der Waals surface area contributed by atoms with E-state index < -0.39 is 17.9 Å². The van der Waals surface area contributed by atoms with Gasteiger partial charge >= 0.3 is 6.09 Å². The average molecular weight is 462 g/mol. The minimum atomic E-state index is -0.665. The van der Waals surface area contributed by atoms with Gasteiger partial charge in [0, 0.05) is 43.7 Å². The van der Waals surface area contributed by atoms with E-state index in [4.69, 9.17) is 4.74 Å². The van der Waals surface area contributed by atoms with Crippen LogP contribution in [-0.4, -0.2) is 46.7 Å². The molecule has 3 heterocycles. The zero-order valence-electron chi connectivity index (χ0n) is 18.9. The predicted molar refractivity (Wildman–Crippen MR) is 123 cm³/mol. The first-order chi connectivity index (χ1) is 16.5. The number of carbonyl (C=O) groups excluding carboxylic acids is 4. The standard InChI is InChI=1S/C26H27N3O5/c30-22-12-10-19(24(31)27-22)23-20-16-29(15-17-7-3-1-4-8-17)25(32)18(20)9-11-21(23)34-26(33)28-13-5-2-6-14-28/h1,3-4,7-9,11,19H,2,5-6,10,12-16H2,(H,27,30,31). The highest BCUT2D eigenvalue weighted by Crippen LogP contribution is 2.40. The number of imide groups is 1. The lowest BCUT2D eigenvalue weighted by molar-refractivity contribution is -0.134. The van der Waals surface area contributed by atoms with Crippen molar-refractivity contribution in [3.8, 4) is 5.75 Å². The average Bonchev–Trinajstić information content (AvgIpc) is 3.16. The van der Waals surface area contributed by atoms with Crippen molar-refractivity contribution >= 4 is 23.8 Å². The third-order valence-corrected chi connectivity index (χ3v) is 6.80. The van der Waals surface area contributed by atoms with Crippen molar-refractivity contribution in [2.45, 2.75) is 51.1 Å². The third-order valence-electron chi connectivity index (χ3n) is 6.80. The normalized spacial score (nSPS) is 20.2. The SMILES string of the molecule is O=C1CCC(c2c(OC(=O)N3CCCCC3)ccc3c2CN(Cc2ccccc2)C3=O)C(=O)N1. The van der Waals surface area contributed by atoms with Crippen molar-refractivity contribution in [3.63, 3.8) is 0 Å². The van der Waals surface area contributed by atoms with E-state index in [0.29, 0.717) is 49.3 Å². The topological polar surface area (TPSA) is 96.0 Å². The summed E-state index contributed by atoms with van der Waals surface area (Å²) in [7, 11) is 0. The molecule has 3 aliphatic heterocycles. The van der Waals surface area contributed by atoms with Crippen molar-refractivity contribution in [2.24, 2.45) is 0 Å². The largest absolute Gasteiger partial charge is 0.415 e. The molecular formula is C26H27N3O5. The van der Waals surface area contributed by atoms with Crippen LogP contribution in [0.1, 0.15) is 65.1 Å². The second kappa shape index (κ2) is 9.29. The maximum absolute atomic E-state index is 13.2. The molecular weight excluding hydrogens is 434 g/mol. The monoisotopic (exact) mass is 461 g/mol. The number of nitrogens with one attached hydrogen (secondary N) is 1. The second-order valence-electron chi connectivity index (χ2n) is 9.07. The number of nitrogens with zero attached hydrogens (tertiary/aromatic N) is 2. The van der Waals surface area contributed by atoms with Crippen LogP contribution in [0.25, 0.3) is 0 Å². The summed E-state index contributed by atoms with van der Waals surface area (Å²) < 4.78 is 5.82. The van der Waals surface area contributed by atoms with E-state index in [1.165, 1.54) is 0 Å². The van der Waals surface area contributed by atoms with Gasteiger partial charge in [0.25, 0.3) is 5.91 Å². The lowest BCUT2D eigenvalue weighted by atomic mass is 9.85. The number of amides is 4. The second-order valence-corrected chi connectivity index (χ2v) is 9.07. The van der Waals surface area contributed by atoms with Gasteiger partial charge in [0.2, 0.25) is 11.8 Å². The number of piperidine rings is 2. The number of hydrogen-bond acceptors (Lipinski definition) is 5. The first-order valence-electron chi connectivity index (χ1n) is 11.8. The molecule has 0 radical (unpaired) electrons. The Morgan fingerprint density at radius 1 is 1.00 bits per heavy atom. The number of benzene rings is 2. The molecule has 1 atom stereocenters. The van der Waals surface area contributed by atoms with Gasteiger partial charge in [-0.2, -0.15) is 0 Å². The number of rotatable bonds is 4. The molecule has 4 amide bonds. The van der Waals surface area contributed by atoms with Crippen LogP contribution < -0.4 is 10.1 Å². The summed E-state index contributed by atoms with van der Waals surface area (Å²) in [6, 6.07) is 13.0. The summed E-state index contributed by atoms with van der Waals surface area (Å²) in [4.78, 5) is 54.1. The molecule has 2 saturated heterocycles. The summed E-state index contributed by atoms with van der Waals surface area (Å²) in [5.41, 5.74) is 2.74. The zero-order valence-corrected chi connectivity index (χ0v) is 18.9. The van der Waals surface area contributed by atoms with Gasteiger partial charge in [-0.3, -0.25) is 19.7 Å². The van der Waals surface area contributed by atoms with Gasteiger partial charge in [0.15, 0.2) is 0 Å². The minimum absolute atomic E-state index is 0.124. The molecule has 0 aliphatic carbocycles. The lowest BCUT2D eigenvalue weighted by Gasteiger charge is -2.28. The summed E-state index contributed by atoms with van der Waals surface area (Å²) in [5, 5.41) is 2.40. The molecule has 34 heavy (non-hydrogen) atoms. The van der Waals surface area contributed by atoms with Gasteiger partial charge < -0.3 is 14.5 Å². The van der Waals surface area contributed by atoms with E-state index in [9.17, 15) is 19.2 Å². The highest BCUT2D eigenvalue weighted by molar-refractivity contribution is 6.03. The number of carbonyl (C=O) groups is 4. The first kappa shape index (κ1) is 22.1. The Bertz CT molecular complexity index is 1140. The summed E-state index contributed by atoms with van der Waals surface area (Å²) in [6.07, 6.45) is 3.01. The number of ether oxygens (including phenoxy) is 1. The van der Waals surface area contributed by atoms with E-state index in [2.05, 4.69) is 5.32 Å².